The summed E-state index contributed by atoms with van der Waals surface area (Å²) in [5.74, 6) is -0.0813. The fraction of sp³-hybridized carbons (Fsp3) is 0.179. The minimum absolute atomic E-state index is 0.105. The lowest BCUT2D eigenvalue weighted by molar-refractivity contribution is -0.117. The van der Waals surface area contributed by atoms with Gasteiger partial charge in [0.15, 0.2) is 0 Å². The Balaban J connectivity index is 1.72. The smallest absolute Gasteiger partial charge is 0.269 e. The molecule has 176 valence electrons. The van der Waals surface area contributed by atoms with Crippen LogP contribution in [0.4, 0.5) is 11.4 Å². The van der Waals surface area contributed by atoms with Gasteiger partial charge in [-0.2, -0.15) is 5.26 Å². The summed E-state index contributed by atoms with van der Waals surface area (Å²) in [5, 5.41) is 12.6. The second kappa shape index (κ2) is 10.5. The molecule has 1 unspecified atom stereocenters. The Hall–Kier alpha value is -4.02. The number of ether oxygens (including phenoxy) is 1. The van der Waals surface area contributed by atoms with E-state index in [1.807, 2.05) is 62.4 Å². The lowest BCUT2D eigenvalue weighted by Gasteiger charge is -2.19. The molecule has 1 heterocycles. The molecular formula is C28H25N3O3S. The number of aryl methyl sites for hydroxylation is 2. The first kappa shape index (κ1) is 24.1. The maximum Gasteiger partial charge on any atom is 0.269 e. The van der Waals surface area contributed by atoms with E-state index in [-0.39, 0.29) is 11.5 Å². The zero-order valence-electron chi connectivity index (χ0n) is 19.7. The van der Waals surface area contributed by atoms with Crippen molar-refractivity contribution in [3.05, 3.63) is 100 Å². The van der Waals surface area contributed by atoms with Gasteiger partial charge in [0.2, 0.25) is 5.91 Å². The third-order valence-corrected chi connectivity index (χ3v) is 6.92. The van der Waals surface area contributed by atoms with E-state index in [0.717, 1.165) is 16.7 Å². The molecule has 3 aromatic rings. The normalized spacial score (nSPS) is 16.6. The number of amides is 2. The fourth-order valence-corrected chi connectivity index (χ4v) is 5.12. The molecule has 6 nitrogen and oxygen atoms in total. The van der Waals surface area contributed by atoms with Crippen LogP contribution >= 0.6 is 11.8 Å². The quantitative estimate of drug-likeness (QED) is 0.376. The van der Waals surface area contributed by atoms with Gasteiger partial charge in [0, 0.05) is 11.4 Å². The molecule has 7 heteroatoms. The third-order valence-electron chi connectivity index (χ3n) is 5.65. The number of nitriles is 1. The molecule has 0 radical (unpaired) electrons. The molecule has 0 aromatic heterocycles. The van der Waals surface area contributed by atoms with E-state index in [1.165, 1.54) is 16.7 Å². The monoisotopic (exact) mass is 483 g/mol. The van der Waals surface area contributed by atoms with Gasteiger partial charge >= 0.3 is 0 Å². The summed E-state index contributed by atoms with van der Waals surface area (Å²) < 4.78 is 5.24. The van der Waals surface area contributed by atoms with Gasteiger partial charge in [0.25, 0.3) is 5.91 Å². The standard InChI is InChI=1S/C28H25N3O3S/c1-18-7-9-20(10-8-18)16-25-27(33)31(22-11-13-23(34-3)14-12-22)28(35-25)24(17-29)26(32)30-21-6-4-5-19(2)15-21/h4-15,25H,16H2,1-3H3,(H,30,32)/b28-24-. The highest BCUT2D eigenvalue weighted by Crippen LogP contribution is 2.42. The Bertz CT molecular complexity index is 1320. The lowest BCUT2D eigenvalue weighted by Crippen LogP contribution is -2.30. The van der Waals surface area contributed by atoms with Gasteiger partial charge < -0.3 is 10.1 Å². The van der Waals surface area contributed by atoms with Gasteiger partial charge in [0.1, 0.15) is 22.4 Å². The summed E-state index contributed by atoms with van der Waals surface area (Å²) in [6.45, 7) is 3.93. The van der Waals surface area contributed by atoms with Crippen molar-refractivity contribution in [2.24, 2.45) is 0 Å². The van der Waals surface area contributed by atoms with Crippen molar-refractivity contribution in [3.63, 3.8) is 0 Å². The van der Waals surface area contributed by atoms with Crippen LogP contribution in [0.2, 0.25) is 0 Å². The van der Waals surface area contributed by atoms with Crippen molar-refractivity contribution < 1.29 is 14.3 Å². The largest absolute Gasteiger partial charge is 0.497 e. The number of hydrogen-bond acceptors (Lipinski definition) is 5. The van der Waals surface area contributed by atoms with Gasteiger partial charge in [-0.3, -0.25) is 14.5 Å². The molecule has 2 amide bonds. The summed E-state index contributed by atoms with van der Waals surface area (Å²) >= 11 is 1.25. The molecule has 4 rings (SSSR count). The molecule has 1 fully saturated rings. The van der Waals surface area contributed by atoms with Crippen molar-refractivity contribution in [1.29, 1.82) is 5.26 Å². The number of carbonyl (C=O) groups excluding carboxylic acids is 2. The molecule has 0 saturated carbocycles. The van der Waals surface area contributed by atoms with Crippen LogP contribution in [0.5, 0.6) is 5.75 Å². The fourth-order valence-electron chi connectivity index (χ4n) is 3.81. The van der Waals surface area contributed by atoms with E-state index in [0.29, 0.717) is 28.6 Å². The Morgan fingerprint density at radius 2 is 1.77 bits per heavy atom. The van der Waals surface area contributed by atoms with Crippen LogP contribution in [0.25, 0.3) is 0 Å². The van der Waals surface area contributed by atoms with E-state index in [2.05, 4.69) is 5.32 Å². The van der Waals surface area contributed by atoms with Crippen LogP contribution in [0.3, 0.4) is 0 Å². The molecule has 1 atom stereocenters. The number of rotatable bonds is 6. The second-order valence-corrected chi connectivity index (χ2v) is 9.47. The molecule has 1 aliphatic rings. The number of thioether (sulfide) groups is 1. The first-order valence-corrected chi connectivity index (χ1v) is 12.0. The van der Waals surface area contributed by atoms with Crippen molar-refractivity contribution in [2.75, 3.05) is 17.3 Å². The zero-order valence-corrected chi connectivity index (χ0v) is 20.6. The van der Waals surface area contributed by atoms with E-state index < -0.39 is 11.2 Å². The van der Waals surface area contributed by atoms with Crippen molar-refractivity contribution in [2.45, 2.75) is 25.5 Å². The van der Waals surface area contributed by atoms with Crippen molar-refractivity contribution in [3.8, 4) is 11.8 Å². The molecule has 1 saturated heterocycles. The minimum Gasteiger partial charge on any atom is -0.497 e. The zero-order chi connectivity index (χ0) is 24.9. The molecule has 0 aliphatic carbocycles. The highest BCUT2D eigenvalue weighted by molar-refractivity contribution is 8.05. The summed E-state index contributed by atoms with van der Waals surface area (Å²) in [6, 6.07) is 24.4. The number of carbonyl (C=O) groups is 2. The first-order valence-electron chi connectivity index (χ1n) is 11.1. The van der Waals surface area contributed by atoms with Crippen LogP contribution in [-0.2, 0) is 16.0 Å². The number of benzene rings is 3. The topological polar surface area (TPSA) is 82.4 Å². The van der Waals surface area contributed by atoms with E-state index in [1.54, 1.807) is 37.4 Å². The van der Waals surface area contributed by atoms with E-state index in [9.17, 15) is 14.9 Å². The lowest BCUT2D eigenvalue weighted by atomic mass is 10.1. The second-order valence-electron chi connectivity index (χ2n) is 8.28. The summed E-state index contributed by atoms with van der Waals surface area (Å²) in [6.07, 6.45) is 0.484. The van der Waals surface area contributed by atoms with Gasteiger partial charge in [-0.15, -0.1) is 0 Å². The van der Waals surface area contributed by atoms with Crippen LogP contribution in [0, 0.1) is 25.2 Å². The minimum atomic E-state index is -0.553. The molecule has 0 bridgehead atoms. The Labute approximate surface area is 209 Å². The average molecular weight is 484 g/mol. The van der Waals surface area contributed by atoms with Crippen LogP contribution in [0.1, 0.15) is 16.7 Å². The number of methoxy groups -OCH3 is 1. The molecule has 0 spiro atoms. The first-order chi connectivity index (χ1) is 16.9. The third kappa shape index (κ3) is 5.39. The molecule has 1 N–H and O–H groups in total. The Kier molecular flexibility index (Phi) is 7.23. The molecule has 3 aromatic carbocycles. The van der Waals surface area contributed by atoms with Crippen molar-refractivity contribution in [1.82, 2.24) is 0 Å². The summed E-state index contributed by atoms with van der Waals surface area (Å²) in [7, 11) is 1.57. The number of hydrogen-bond donors (Lipinski definition) is 1. The number of nitrogens with one attached hydrogen (secondary N) is 1. The van der Waals surface area contributed by atoms with Crippen LogP contribution < -0.4 is 15.0 Å². The summed E-state index contributed by atoms with van der Waals surface area (Å²) in [4.78, 5) is 28.2. The molecule has 1 aliphatic heterocycles. The maximum absolute atomic E-state index is 13.6. The average Bonchev–Trinajstić information content (AvgIpc) is 3.16. The Morgan fingerprint density at radius 3 is 2.40 bits per heavy atom. The van der Waals surface area contributed by atoms with Gasteiger partial charge in [-0.05, 0) is 67.8 Å². The van der Waals surface area contributed by atoms with Gasteiger partial charge in [-0.1, -0.05) is 53.7 Å². The highest BCUT2D eigenvalue weighted by Gasteiger charge is 2.40. The predicted octanol–water partition coefficient (Wildman–Crippen LogP) is 5.38. The van der Waals surface area contributed by atoms with E-state index in [4.69, 9.17) is 4.74 Å². The highest BCUT2D eigenvalue weighted by atomic mass is 32.2. The number of nitrogens with zero attached hydrogens (tertiary/aromatic N) is 2. The predicted molar refractivity (Wildman–Crippen MR) is 139 cm³/mol. The molecule has 35 heavy (non-hydrogen) atoms. The van der Waals surface area contributed by atoms with Gasteiger partial charge in [0.05, 0.1) is 12.4 Å². The maximum atomic E-state index is 13.6. The van der Waals surface area contributed by atoms with Crippen molar-refractivity contribution >= 4 is 35.0 Å². The van der Waals surface area contributed by atoms with Crippen LogP contribution in [0.15, 0.2) is 83.4 Å². The van der Waals surface area contributed by atoms with Crippen LogP contribution in [-0.4, -0.2) is 24.2 Å². The SMILES string of the molecule is COc1ccc(N2C(=O)C(Cc3ccc(C)cc3)S/C2=C(/C#N)C(=O)Nc2cccc(C)c2)cc1. The molecular weight excluding hydrogens is 458 g/mol. The van der Waals surface area contributed by atoms with Gasteiger partial charge in [-0.25, -0.2) is 0 Å². The Morgan fingerprint density at radius 1 is 1.06 bits per heavy atom. The summed E-state index contributed by atoms with van der Waals surface area (Å²) in [5.41, 5.74) is 4.19. The number of anilines is 2. The van der Waals surface area contributed by atoms with E-state index >= 15 is 0 Å².